The molecular formula is C12H15BrClNO. The first-order chi connectivity index (χ1) is 7.58. The monoisotopic (exact) mass is 303 g/mol. The Bertz CT molecular complexity index is 377. The number of benzene rings is 1. The molecule has 2 nitrogen and oxygen atoms in total. The summed E-state index contributed by atoms with van der Waals surface area (Å²) in [6.07, 6.45) is 0.416. The van der Waals surface area contributed by atoms with Crippen LogP contribution in [-0.4, -0.2) is 23.9 Å². The molecule has 0 atom stereocenters. The zero-order valence-corrected chi connectivity index (χ0v) is 11.8. The van der Waals surface area contributed by atoms with Crippen LogP contribution >= 0.6 is 27.5 Å². The maximum absolute atomic E-state index is 11.9. The Hall–Kier alpha value is -0.540. The Kier molecular flexibility index (Phi) is 5.29. The van der Waals surface area contributed by atoms with Crippen molar-refractivity contribution in [2.75, 3.05) is 13.1 Å². The lowest BCUT2D eigenvalue weighted by Gasteiger charge is -2.18. The molecule has 1 aromatic carbocycles. The van der Waals surface area contributed by atoms with Crippen LogP contribution in [0.5, 0.6) is 0 Å². The van der Waals surface area contributed by atoms with E-state index in [1.54, 1.807) is 6.07 Å². The molecule has 0 spiro atoms. The fourth-order valence-corrected chi connectivity index (χ4v) is 2.34. The summed E-state index contributed by atoms with van der Waals surface area (Å²) in [5.74, 6) is 0.146. The van der Waals surface area contributed by atoms with Gasteiger partial charge in [0, 0.05) is 22.6 Å². The van der Waals surface area contributed by atoms with Crippen LogP contribution in [0.15, 0.2) is 22.7 Å². The van der Waals surface area contributed by atoms with Crippen LogP contribution in [0.3, 0.4) is 0 Å². The van der Waals surface area contributed by atoms with Crippen molar-refractivity contribution in [1.82, 2.24) is 4.90 Å². The summed E-state index contributed by atoms with van der Waals surface area (Å²) in [4.78, 5) is 13.7. The van der Waals surface area contributed by atoms with Gasteiger partial charge in [-0.3, -0.25) is 4.79 Å². The molecule has 1 aromatic rings. The first-order valence-corrected chi connectivity index (χ1v) is 6.47. The van der Waals surface area contributed by atoms with Crippen molar-refractivity contribution in [3.8, 4) is 0 Å². The van der Waals surface area contributed by atoms with Gasteiger partial charge in [0.15, 0.2) is 0 Å². The first-order valence-electron chi connectivity index (χ1n) is 5.30. The molecule has 16 heavy (non-hydrogen) atoms. The average Bonchev–Trinajstić information content (AvgIpc) is 2.24. The Morgan fingerprint density at radius 2 is 2.00 bits per heavy atom. The Labute approximate surface area is 110 Å². The SMILES string of the molecule is CCN(CC)C(=O)Cc1ccc(Cl)cc1Br. The Morgan fingerprint density at radius 1 is 1.38 bits per heavy atom. The largest absolute Gasteiger partial charge is 0.343 e. The second-order valence-corrected chi connectivity index (χ2v) is 4.77. The van der Waals surface area contributed by atoms with Crippen molar-refractivity contribution in [2.45, 2.75) is 20.3 Å². The van der Waals surface area contributed by atoms with Crippen LogP contribution in [0, 0.1) is 0 Å². The van der Waals surface area contributed by atoms with E-state index in [4.69, 9.17) is 11.6 Å². The van der Waals surface area contributed by atoms with Crippen LogP contribution in [0.4, 0.5) is 0 Å². The van der Waals surface area contributed by atoms with Crippen LogP contribution in [-0.2, 0) is 11.2 Å². The molecule has 4 heteroatoms. The molecule has 0 fully saturated rings. The standard InChI is InChI=1S/C12H15BrClNO/c1-3-15(4-2)12(16)7-9-5-6-10(14)8-11(9)13/h5-6,8H,3-4,7H2,1-2H3. The molecule has 1 amide bonds. The Balaban J connectivity index is 2.76. The lowest BCUT2D eigenvalue weighted by Crippen LogP contribution is -2.31. The number of amides is 1. The third-order valence-electron chi connectivity index (χ3n) is 2.47. The summed E-state index contributed by atoms with van der Waals surface area (Å²) in [5.41, 5.74) is 0.973. The van der Waals surface area contributed by atoms with Gasteiger partial charge >= 0.3 is 0 Å². The molecule has 0 N–H and O–H groups in total. The van der Waals surface area contributed by atoms with Gasteiger partial charge in [-0.05, 0) is 31.5 Å². The smallest absolute Gasteiger partial charge is 0.227 e. The van der Waals surface area contributed by atoms with Gasteiger partial charge < -0.3 is 4.90 Å². The van der Waals surface area contributed by atoms with Crippen molar-refractivity contribution >= 4 is 33.4 Å². The normalized spacial score (nSPS) is 10.2. The summed E-state index contributed by atoms with van der Waals surface area (Å²) in [7, 11) is 0. The fourth-order valence-electron chi connectivity index (χ4n) is 1.52. The number of halogens is 2. The summed E-state index contributed by atoms with van der Waals surface area (Å²) < 4.78 is 0.889. The van der Waals surface area contributed by atoms with Crippen LogP contribution < -0.4 is 0 Å². The summed E-state index contributed by atoms with van der Waals surface area (Å²) in [5, 5.41) is 0.672. The third-order valence-corrected chi connectivity index (χ3v) is 3.45. The van der Waals surface area contributed by atoms with E-state index in [9.17, 15) is 4.79 Å². The van der Waals surface area contributed by atoms with Gasteiger partial charge in [-0.15, -0.1) is 0 Å². The topological polar surface area (TPSA) is 20.3 Å². The van der Waals surface area contributed by atoms with Crippen LogP contribution in [0.2, 0.25) is 5.02 Å². The van der Waals surface area contributed by atoms with Gasteiger partial charge in [-0.25, -0.2) is 0 Å². The van der Waals surface area contributed by atoms with Gasteiger partial charge in [0.25, 0.3) is 0 Å². The Morgan fingerprint density at radius 3 is 2.50 bits per heavy atom. The molecule has 0 saturated carbocycles. The van der Waals surface area contributed by atoms with Gasteiger partial charge in [0.05, 0.1) is 6.42 Å². The quantitative estimate of drug-likeness (QED) is 0.833. The molecule has 1 rings (SSSR count). The second-order valence-electron chi connectivity index (χ2n) is 3.48. The molecule has 0 saturated heterocycles. The molecule has 0 aliphatic carbocycles. The molecular weight excluding hydrogens is 289 g/mol. The zero-order valence-electron chi connectivity index (χ0n) is 9.46. The maximum atomic E-state index is 11.9. The third kappa shape index (κ3) is 3.49. The number of carbonyl (C=O) groups is 1. The van der Waals surface area contributed by atoms with Crippen molar-refractivity contribution in [1.29, 1.82) is 0 Å². The molecule has 0 radical (unpaired) electrons. The molecule has 0 aliphatic rings. The van der Waals surface area contributed by atoms with Crippen LogP contribution in [0.1, 0.15) is 19.4 Å². The molecule has 88 valence electrons. The van der Waals surface area contributed by atoms with E-state index in [1.165, 1.54) is 0 Å². The molecule has 0 unspecified atom stereocenters. The highest BCUT2D eigenvalue weighted by molar-refractivity contribution is 9.10. The molecule has 0 aliphatic heterocycles. The number of rotatable bonds is 4. The lowest BCUT2D eigenvalue weighted by atomic mass is 10.1. The molecule has 0 heterocycles. The van der Waals surface area contributed by atoms with E-state index in [-0.39, 0.29) is 5.91 Å². The number of carbonyl (C=O) groups excluding carboxylic acids is 1. The highest BCUT2D eigenvalue weighted by Crippen LogP contribution is 2.22. The zero-order chi connectivity index (χ0) is 12.1. The lowest BCUT2D eigenvalue weighted by molar-refractivity contribution is -0.130. The maximum Gasteiger partial charge on any atom is 0.227 e. The van der Waals surface area contributed by atoms with E-state index < -0.39 is 0 Å². The van der Waals surface area contributed by atoms with Crippen molar-refractivity contribution < 1.29 is 4.79 Å². The van der Waals surface area contributed by atoms with E-state index in [1.807, 2.05) is 30.9 Å². The number of nitrogens with zero attached hydrogens (tertiary/aromatic N) is 1. The van der Waals surface area contributed by atoms with Crippen molar-refractivity contribution in [3.63, 3.8) is 0 Å². The number of hydrogen-bond donors (Lipinski definition) is 0. The second kappa shape index (κ2) is 6.26. The predicted molar refractivity (Wildman–Crippen MR) is 70.8 cm³/mol. The summed E-state index contributed by atoms with van der Waals surface area (Å²) >= 11 is 9.26. The highest BCUT2D eigenvalue weighted by atomic mass is 79.9. The van der Waals surface area contributed by atoms with Gasteiger partial charge in [0.2, 0.25) is 5.91 Å². The first kappa shape index (κ1) is 13.5. The van der Waals surface area contributed by atoms with E-state index in [0.717, 1.165) is 23.1 Å². The van der Waals surface area contributed by atoms with Crippen molar-refractivity contribution in [2.24, 2.45) is 0 Å². The highest BCUT2D eigenvalue weighted by Gasteiger charge is 2.12. The molecule has 0 aromatic heterocycles. The van der Waals surface area contributed by atoms with Gasteiger partial charge in [-0.2, -0.15) is 0 Å². The van der Waals surface area contributed by atoms with Crippen molar-refractivity contribution in [3.05, 3.63) is 33.3 Å². The molecule has 0 bridgehead atoms. The number of likely N-dealkylation sites (N-methyl/N-ethyl adjacent to an activating group) is 1. The van der Waals surface area contributed by atoms with E-state index >= 15 is 0 Å². The average molecular weight is 305 g/mol. The number of hydrogen-bond acceptors (Lipinski definition) is 1. The minimum Gasteiger partial charge on any atom is -0.343 e. The van der Waals surface area contributed by atoms with Crippen LogP contribution in [0.25, 0.3) is 0 Å². The van der Waals surface area contributed by atoms with E-state index in [0.29, 0.717) is 11.4 Å². The van der Waals surface area contributed by atoms with Gasteiger partial charge in [0.1, 0.15) is 0 Å². The van der Waals surface area contributed by atoms with E-state index in [2.05, 4.69) is 15.9 Å². The van der Waals surface area contributed by atoms with Gasteiger partial charge in [-0.1, -0.05) is 33.6 Å². The minimum absolute atomic E-state index is 0.146. The summed E-state index contributed by atoms with van der Waals surface area (Å²) in [6.45, 7) is 5.47. The fraction of sp³-hybridized carbons (Fsp3) is 0.417. The summed E-state index contributed by atoms with van der Waals surface area (Å²) in [6, 6.07) is 5.50. The predicted octanol–water partition coefficient (Wildman–Crippen LogP) is 3.51. The minimum atomic E-state index is 0.146.